The largest absolute Gasteiger partial charge is 0.486 e. The highest BCUT2D eigenvalue weighted by atomic mass is 35.5. The van der Waals surface area contributed by atoms with Crippen LogP contribution >= 0.6 is 11.6 Å². The summed E-state index contributed by atoms with van der Waals surface area (Å²) in [5.41, 5.74) is 7.15. The van der Waals surface area contributed by atoms with Gasteiger partial charge in [-0.15, -0.1) is 0 Å². The summed E-state index contributed by atoms with van der Waals surface area (Å²) < 4.78 is 24.4. The summed E-state index contributed by atoms with van der Waals surface area (Å²) in [6, 6.07) is 9.70. The summed E-state index contributed by atoms with van der Waals surface area (Å²) in [7, 11) is 0. The molecule has 1 heterocycles. The molecule has 1 unspecified atom stereocenters. The van der Waals surface area contributed by atoms with E-state index in [1.165, 1.54) is 12.1 Å². The van der Waals surface area contributed by atoms with Crippen molar-refractivity contribution in [3.05, 3.63) is 52.8 Å². The zero-order valence-corrected chi connectivity index (χ0v) is 11.4. The normalized spacial score (nSPS) is 16.6. The number of hydrogen-bond acceptors (Lipinski definition) is 3. The predicted molar refractivity (Wildman–Crippen MR) is 75.9 cm³/mol. The van der Waals surface area contributed by atoms with Crippen molar-refractivity contribution in [1.29, 1.82) is 0 Å². The lowest BCUT2D eigenvalue weighted by Gasteiger charge is -2.14. The van der Waals surface area contributed by atoms with E-state index in [-0.39, 0.29) is 11.9 Å². The number of anilines is 1. The molecule has 0 saturated heterocycles. The Morgan fingerprint density at radius 3 is 3.00 bits per heavy atom. The van der Waals surface area contributed by atoms with Crippen LogP contribution in [0.5, 0.6) is 11.5 Å². The molecular weight excluding hydrogens is 281 g/mol. The van der Waals surface area contributed by atoms with Gasteiger partial charge in [-0.05, 0) is 30.3 Å². The van der Waals surface area contributed by atoms with Gasteiger partial charge in [0.15, 0.2) is 5.75 Å². The molecule has 5 heteroatoms. The lowest BCUT2D eigenvalue weighted by molar-refractivity contribution is 0.149. The van der Waals surface area contributed by atoms with E-state index in [0.29, 0.717) is 35.2 Å². The molecule has 0 amide bonds. The van der Waals surface area contributed by atoms with Crippen molar-refractivity contribution in [2.24, 2.45) is 0 Å². The zero-order valence-electron chi connectivity index (χ0n) is 10.6. The quantitative estimate of drug-likeness (QED) is 0.882. The molecular formula is C15H13ClFNO2. The minimum atomic E-state index is -0.260. The van der Waals surface area contributed by atoms with E-state index < -0.39 is 0 Å². The summed E-state index contributed by atoms with van der Waals surface area (Å²) in [6.45, 7) is 0.310. The summed E-state index contributed by atoms with van der Waals surface area (Å²) in [5.74, 6) is 0.899. The topological polar surface area (TPSA) is 44.5 Å². The van der Waals surface area contributed by atoms with Crippen LogP contribution in [-0.4, -0.2) is 12.7 Å². The summed E-state index contributed by atoms with van der Waals surface area (Å²) in [6.07, 6.45) is 0.444. The Morgan fingerprint density at radius 2 is 2.20 bits per heavy atom. The second kappa shape index (κ2) is 5.21. The monoisotopic (exact) mass is 293 g/mol. The molecule has 3 rings (SSSR count). The Morgan fingerprint density at radius 1 is 1.35 bits per heavy atom. The Hall–Kier alpha value is -1.94. The smallest absolute Gasteiger partial charge is 0.160 e. The average Bonchev–Trinajstić information content (AvgIpc) is 2.80. The SMILES string of the molecule is Nc1cccc(Cl)c1OCC1Cc2cc(F)ccc2O1. The van der Waals surface area contributed by atoms with Gasteiger partial charge in [0.25, 0.3) is 0 Å². The molecule has 2 N–H and O–H groups in total. The third kappa shape index (κ3) is 2.51. The van der Waals surface area contributed by atoms with Crippen LogP contribution in [0, 0.1) is 5.82 Å². The average molecular weight is 294 g/mol. The lowest BCUT2D eigenvalue weighted by Crippen LogP contribution is -2.22. The Labute approximate surface area is 121 Å². The molecule has 2 aromatic carbocycles. The minimum Gasteiger partial charge on any atom is -0.486 e. The fourth-order valence-corrected chi connectivity index (χ4v) is 2.47. The molecule has 0 aromatic heterocycles. The van der Waals surface area contributed by atoms with Gasteiger partial charge in [-0.2, -0.15) is 0 Å². The van der Waals surface area contributed by atoms with E-state index in [9.17, 15) is 4.39 Å². The fourth-order valence-electron chi connectivity index (χ4n) is 2.24. The van der Waals surface area contributed by atoms with Crippen LogP contribution in [0.2, 0.25) is 5.02 Å². The third-order valence-corrected chi connectivity index (χ3v) is 3.47. The molecule has 1 atom stereocenters. The maximum Gasteiger partial charge on any atom is 0.160 e. The van der Waals surface area contributed by atoms with Gasteiger partial charge in [0.2, 0.25) is 0 Å². The Bertz CT molecular complexity index is 628. The van der Waals surface area contributed by atoms with E-state index in [1.807, 2.05) is 0 Å². The predicted octanol–water partition coefficient (Wildman–Crippen LogP) is 3.44. The molecule has 1 aliphatic rings. The maximum absolute atomic E-state index is 13.1. The highest BCUT2D eigenvalue weighted by Gasteiger charge is 2.24. The number of halogens is 2. The van der Waals surface area contributed by atoms with Crippen molar-refractivity contribution in [1.82, 2.24) is 0 Å². The first-order valence-electron chi connectivity index (χ1n) is 6.25. The van der Waals surface area contributed by atoms with Crippen LogP contribution in [0.1, 0.15) is 5.56 Å². The number of nitrogen functional groups attached to an aromatic ring is 1. The summed E-state index contributed by atoms with van der Waals surface area (Å²) in [4.78, 5) is 0. The second-order valence-corrected chi connectivity index (χ2v) is 5.07. The maximum atomic E-state index is 13.1. The van der Waals surface area contributed by atoms with Crippen LogP contribution in [0.25, 0.3) is 0 Å². The van der Waals surface area contributed by atoms with Crippen LogP contribution < -0.4 is 15.2 Å². The van der Waals surface area contributed by atoms with Crippen LogP contribution in [0.3, 0.4) is 0 Å². The molecule has 0 aliphatic carbocycles. The van der Waals surface area contributed by atoms with Crippen LogP contribution in [0.4, 0.5) is 10.1 Å². The van der Waals surface area contributed by atoms with Gasteiger partial charge < -0.3 is 15.2 Å². The van der Waals surface area contributed by atoms with Gasteiger partial charge in [-0.3, -0.25) is 0 Å². The van der Waals surface area contributed by atoms with Gasteiger partial charge in [-0.1, -0.05) is 17.7 Å². The number of ether oxygens (including phenoxy) is 2. The van der Waals surface area contributed by atoms with Crippen LogP contribution in [0.15, 0.2) is 36.4 Å². The van der Waals surface area contributed by atoms with Gasteiger partial charge >= 0.3 is 0 Å². The first-order chi connectivity index (χ1) is 9.63. The first-order valence-corrected chi connectivity index (χ1v) is 6.63. The fraction of sp³-hybridized carbons (Fsp3) is 0.200. The van der Waals surface area contributed by atoms with Gasteiger partial charge in [0.05, 0.1) is 10.7 Å². The zero-order chi connectivity index (χ0) is 14.1. The molecule has 2 aromatic rings. The molecule has 1 aliphatic heterocycles. The second-order valence-electron chi connectivity index (χ2n) is 4.67. The Balaban J connectivity index is 1.67. The van der Waals surface area contributed by atoms with Crippen molar-refractivity contribution in [3.8, 4) is 11.5 Å². The van der Waals surface area contributed by atoms with Crippen LogP contribution in [-0.2, 0) is 6.42 Å². The first kappa shape index (κ1) is 13.1. The highest BCUT2D eigenvalue weighted by molar-refractivity contribution is 6.32. The number of rotatable bonds is 3. The molecule has 0 spiro atoms. The van der Waals surface area contributed by atoms with Gasteiger partial charge in [-0.25, -0.2) is 4.39 Å². The molecule has 0 saturated carbocycles. The van der Waals surface area contributed by atoms with Crippen molar-refractivity contribution >= 4 is 17.3 Å². The summed E-state index contributed by atoms with van der Waals surface area (Å²) in [5, 5.41) is 0.464. The minimum absolute atomic E-state index is 0.164. The molecule has 0 fully saturated rings. The third-order valence-electron chi connectivity index (χ3n) is 3.17. The number of fused-ring (bicyclic) bond motifs is 1. The number of hydrogen-bond donors (Lipinski definition) is 1. The standard InChI is InChI=1S/C15H13ClFNO2/c16-12-2-1-3-13(18)15(12)19-8-11-7-9-6-10(17)4-5-14(9)20-11/h1-6,11H,7-8,18H2. The van der Waals surface area contributed by atoms with E-state index in [1.54, 1.807) is 24.3 Å². The number of para-hydroxylation sites is 1. The van der Waals surface area contributed by atoms with Gasteiger partial charge in [0.1, 0.15) is 24.3 Å². The van der Waals surface area contributed by atoms with E-state index in [4.69, 9.17) is 26.8 Å². The van der Waals surface area contributed by atoms with Crippen molar-refractivity contribution < 1.29 is 13.9 Å². The lowest BCUT2D eigenvalue weighted by atomic mass is 10.1. The van der Waals surface area contributed by atoms with Crippen molar-refractivity contribution in [2.45, 2.75) is 12.5 Å². The molecule has 104 valence electrons. The van der Waals surface area contributed by atoms with E-state index >= 15 is 0 Å². The van der Waals surface area contributed by atoms with E-state index in [0.717, 1.165) is 5.56 Å². The number of nitrogens with two attached hydrogens (primary N) is 1. The van der Waals surface area contributed by atoms with E-state index in [2.05, 4.69) is 0 Å². The molecule has 20 heavy (non-hydrogen) atoms. The molecule has 0 radical (unpaired) electrons. The van der Waals surface area contributed by atoms with Crippen molar-refractivity contribution in [2.75, 3.05) is 12.3 Å². The Kier molecular flexibility index (Phi) is 3.40. The highest BCUT2D eigenvalue weighted by Crippen LogP contribution is 2.33. The molecule has 0 bridgehead atoms. The van der Waals surface area contributed by atoms with Gasteiger partial charge in [0, 0.05) is 12.0 Å². The number of benzene rings is 2. The van der Waals surface area contributed by atoms with Crippen molar-refractivity contribution in [3.63, 3.8) is 0 Å². The molecule has 3 nitrogen and oxygen atoms in total. The summed E-state index contributed by atoms with van der Waals surface area (Å²) >= 11 is 6.03.